The lowest BCUT2D eigenvalue weighted by atomic mass is 9.86. The molecule has 0 bridgehead atoms. The maximum Gasteiger partial charge on any atom is 0.115 e. The number of rotatable bonds is 3. The quantitative estimate of drug-likeness (QED) is 0.739. The van der Waals surface area contributed by atoms with Crippen molar-refractivity contribution in [3.63, 3.8) is 0 Å². The standard InChI is InChI=1S/C12H24FN/c1-12(2,3)14-9-11(13)10-7-5-4-6-8-10/h10-11,14H,4-9H2,1-3H3. The van der Waals surface area contributed by atoms with E-state index in [4.69, 9.17) is 0 Å². The highest BCUT2D eigenvalue weighted by molar-refractivity contribution is 4.79. The zero-order valence-corrected chi connectivity index (χ0v) is 9.78. The van der Waals surface area contributed by atoms with Gasteiger partial charge in [0.2, 0.25) is 0 Å². The largest absolute Gasteiger partial charge is 0.309 e. The highest BCUT2D eigenvalue weighted by atomic mass is 19.1. The van der Waals surface area contributed by atoms with Crippen molar-refractivity contribution in [1.82, 2.24) is 5.32 Å². The molecule has 14 heavy (non-hydrogen) atoms. The minimum atomic E-state index is -0.644. The third-order valence-electron chi connectivity index (χ3n) is 2.99. The SMILES string of the molecule is CC(C)(C)NCC(F)C1CCCCC1. The van der Waals surface area contributed by atoms with Gasteiger partial charge in [-0.25, -0.2) is 4.39 Å². The van der Waals surface area contributed by atoms with Crippen LogP contribution in [0.3, 0.4) is 0 Å². The van der Waals surface area contributed by atoms with Crippen molar-refractivity contribution in [3.05, 3.63) is 0 Å². The molecule has 1 aliphatic rings. The molecule has 0 aliphatic heterocycles. The molecular formula is C12H24FN. The molecule has 2 heteroatoms. The van der Waals surface area contributed by atoms with Gasteiger partial charge in [0.05, 0.1) is 0 Å². The van der Waals surface area contributed by atoms with E-state index >= 15 is 0 Å². The minimum Gasteiger partial charge on any atom is -0.309 e. The summed E-state index contributed by atoms with van der Waals surface area (Å²) in [5.74, 6) is 0.318. The molecule has 1 fully saturated rings. The van der Waals surface area contributed by atoms with Crippen molar-refractivity contribution in [2.45, 2.75) is 64.6 Å². The van der Waals surface area contributed by atoms with E-state index in [1.54, 1.807) is 0 Å². The van der Waals surface area contributed by atoms with Gasteiger partial charge < -0.3 is 5.32 Å². The van der Waals surface area contributed by atoms with Gasteiger partial charge in [-0.1, -0.05) is 19.3 Å². The summed E-state index contributed by atoms with van der Waals surface area (Å²) >= 11 is 0. The third-order valence-corrected chi connectivity index (χ3v) is 2.99. The van der Waals surface area contributed by atoms with Gasteiger partial charge in [-0.2, -0.15) is 0 Å². The Hall–Kier alpha value is -0.110. The number of hydrogen-bond acceptors (Lipinski definition) is 1. The van der Waals surface area contributed by atoms with E-state index in [0.717, 1.165) is 12.8 Å². The van der Waals surface area contributed by atoms with E-state index in [-0.39, 0.29) is 5.54 Å². The van der Waals surface area contributed by atoms with E-state index in [9.17, 15) is 4.39 Å². The summed E-state index contributed by atoms with van der Waals surface area (Å²) in [4.78, 5) is 0. The fourth-order valence-corrected chi connectivity index (χ4v) is 2.07. The Bertz CT molecular complexity index is 156. The average molecular weight is 201 g/mol. The summed E-state index contributed by atoms with van der Waals surface area (Å²) < 4.78 is 13.8. The number of hydrogen-bond donors (Lipinski definition) is 1. The summed E-state index contributed by atoms with van der Waals surface area (Å²) in [7, 11) is 0. The predicted octanol–water partition coefficient (Wildman–Crippen LogP) is 3.29. The van der Waals surface area contributed by atoms with Gasteiger partial charge in [-0.05, 0) is 39.5 Å². The van der Waals surface area contributed by atoms with Crippen molar-refractivity contribution in [3.8, 4) is 0 Å². The summed E-state index contributed by atoms with van der Waals surface area (Å²) in [6.45, 7) is 6.77. The lowest BCUT2D eigenvalue weighted by Gasteiger charge is -2.28. The Morgan fingerprint density at radius 3 is 2.29 bits per heavy atom. The van der Waals surface area contributed by atoms with Crippen LogP contribution in [-0.2, 0) is 0 Å². The third kappa shape index (κ3) is 4.41. The fourth-order valence-electron chi connectivity index (χ4n) is 2.07. The molecule has 0 amide bonds. The van der Waals surface area contributed by atoms with Crippen molar-refractivity contribution in [2.24, 2.45) is 5.92 Å². The molecule has 1 N–H and O–H groups in total. The van der Waals surface area contributed by atoms with Crippen molar-refractivity contribution in [2.75, 3.05) is 6.54 Å². The molecular weight excluding hydrogens is 177 g/mol. The molecule has 0 saturated heterocycles. The molecule has 0 aromatic carbocycles. The second-order valence-electron chi connectivity index (χ2n) is 5.54. The van der Waals surface area contributed by atoms with Crippen molar-refractivity contribution < 1.29 is 4.39 Å². The van der Waals surface area contributed by atoms with Crippen LogP contribution in [0.25, 0.3) is 0 Å². The topological polar surface area (TPSA) is 12.0 Å². The molecule has 84 valence electrons. The van der Waals surface area contributed by atoms with E-state index in [2.05, 4.69) is 26.1 Å². The molecule has 1 aliphatic carbocycles. The van der Waals surface area contributed by atoms with Crippen LogP contribution in [0.2, 0.25) is 0 Å². The lowest BCUT2D eigenvalue weighted by molar-refractivity contribution is 0.167. The van der Waals surface area contributed by atoms with Crippen LogP contribution in [0.1, 0.15) is 52.9 Å². The first-order chi connectivity index (χ1) is 6.49. The van der Waals surface area contributed by atoms with E-state index in [1.165, 1.54) is 19.3 Å². The van der Waals surface area contributed by atoms with E-state index < -0.39 is 6.17 Å². The Kier molecular flexibility index (Phi) is 4.36. The van der Waals surface area contributed by atoms with Crippen molar-refractivity contribution in [1.29, 1.82) is 0 Å². The predicted molar refractivity (Wildman–Crippen MR) is 59.2 cm³/mol. The monoisotopic (exact) mass is 201 g/mol. The Labute approximate surface area is 87.5 Å². The molecule has 1 rings (SSSR count). The normalized spacial score (nSPS) is 22.3. The Morgan fingerprint density at radius 1 is 1.21 bits per heavy atom. The molecule has 0 radical (unpaired) electrons. The van der Waals surface area contributed by atoms with Gasteiger partial charge in [0.15, 0.2) is 0 Å². The van der Waals surface area contributed by atoms with E-state index in [0.29, 0.717) is 12.5 Å². The molecule has 0 heterocycles. The molecule has 1 unspecified atom stereocenters. The molecule has 1 nitrogen and oxygen atoms in total. The zero-order valence-electron chi connectivity index (χ0n) is 9.78. The second kappa shape index (κ2) is 5.11. The first kappa shape index (κ1) is 12.0. The van der Waals surface area contributed by atoms with Gasteiger partial charge in [0.1, 0.15) is 6.17 Å². The zero-order chi connectivity index (χ0) is 10.6. The van der Waals surface area contributed by atoms with Gasteiger partial charge in [-0.3, -0.25) is 0 Å². The molecule has 0 aromatic rings. The average Bonchev–Trinajstić information content (AvgIpc) is 2.14. The van der Waals surface area contributed by atoms with Gasteiger partial charge in [-0.15, -0.1) is 0 Å². The smallest absolute Gasteiger partial charge is 0.115 e. The summed E-state index contributed by atoms with van der Waals surface area (Å²) in [6.07, 6.45) is 5.28. The van der Waals surface area contributed by atoms with Crippen LogP contribution >= 0.6 is 0 Å². The van der Waals surface area contributed by atoms with Crippen LogP contribution in [0, 0.1) is 5.92 Å². The fraction of sp³-hybridized carbons (Fsp3) is 1.00. The van der Waals surface area contributed by atoms with Crippen LogP contribution in [0.5, 0.6) is 0 Å². The molecule has 1 atom stereocenters. The second-order valence-corrected chi connectivity index (χ2v) is 5.54. The number of alkyl halides is 1. The Morgan fingerprint density at radius 2 is 1.79 bits per heavy atom. The van der Waals surface area contributed by atoms with Crippen LogP contribution < -0.4 is 5.32 Å². The Balaban J connectivity index is 2.23. The van der Waals surface area contributed by atoms with Gasteiger partial charge in [0, 0.05) is 12.1 Å². The summed E-state index contributed by atoms with van der Waals surface area (Å²) in [5.41, 5.74) is 0.0407. The molecule has 0 aromatic heterocycles. The van der Waals surface area contributed by atoms with E-state index in [1.807, 2.05) is 0 Å². The minimum absolute atomic E-state index is 0.0407. The molecule has 1 saturated carbocycles. The number of halogens is 1. The van der Waals surface area contributed by atoms with Crippen LogP contribution in [0.4, 0.5) is 4.39 Å². The van der Waals surface area contributed by atoms with Crippen molar-refractivity contribution >= 4 is 0 Å². The summed E-state index contributed by atoms with van der Waals surface area (Å²) in [6, 6.07) is 0. The maximum absolute atomic E-state index is 13.8. The lowest BCUT2D eigenvalue weighted by Crippen LogP contribution is -2.41. The maximum atomic E-state index is 13.8. The highest BCUT2D eigenvalue weighted by Crippen LogP contribution is 2.27. The van der Waals surface area contributed by atoms with Crippen LogP contribution in [-0.4, -0.2) is 18.3 Å². The van der Waals surface area contributed by atoms with Crippen LogP contribution in [0.15, 0.2) is 0 Å². The van der Waals surface area contributed by atoms with Gasteiger partial charge in [0.25, 0.3) is 0 Å². The van der Waals surface area contributed by atoms with Gasteiger partial charge >= 0.3 is 0 Å². The highest BCUT2D eigenvalue weighted by Gasteiger charge is 2.24. The molecule has 0 spiro atoms. The first-order valence-corrected chi connectivity index (χ1v) is 5.88. The number of nitrogens with one attached hydrogen (secondary N) is 1. The first-order valence-electron chi connectivity index (χ1n) is 5.88. The summed E-state index contributed by atoms with van der Waals surface area (Å²) in [5, 5.41) is 3.24.